The van der Waals surface area contributed by atoms with E-state index in [1.54, 1.807) is 39.0 Å². The Morgan fingerprint density at radius 2 is 2.00 bits per heavy atom. The number of alkyl carbamates (subject to hydrolysis) is 1. The number of primary amides is 1. The Balaban J connectivity index is 2.78. The monoisotopic (exact) mass is 328 g/mol. The van der Waals surface area contributed by atoms with E-state index < -0.39 is 23.6 Å². The number of carbonyl (C=O) groups is 2. The van der Waals surface area contributed by atoms with Crippen LogP contribution in [0.25, 0.3) is 0 Å². The van der Waals surface area contributed by atoms with E-state index in [2.05, 4.69) is 5.32 Å². The largest absolute Gasteiger partial charge is 0.495 e. The number of rotatable bonds is 5. The molecule has 0 saturated heterocycles. The Morgan fingerprint density at radius 3 is 2.45 bits per heavy atom. The fourth-order valence-electron chi connectivity index (χ4n) is 1.75. The minimum atomic E-state index is -0.890. The van der Waals surface area contributed by atoms with Crippen LogP contribution in [0.2, 0.25) is 5.02 Å². The highest BCUT2D eigenvalue weighted by molar-refractivity contribution is 6.32. The van der Waals surface area contributed by atoms with Crippen LogP contribution in [-0.2, 0) is 16.0 Å². The molecule has 122 valence electrons. The van der Waals surface area contributed by atoms with E-state index >= 15 is 0 Å². The van der Waals surface area contributed by atoms with Crippen molar-refractivity contribution in [1.82, 2.24) is 5.32 Å². The van der Waals surface area contributed by atoms with Gasteiger partial charge in [0, 0.05) is 6.42 Å². The number of hydrogen-bond acceptors (Lipinski definition) is 4. The quantitative estimate of drug-likeness (QED) is 0.867. The molecule has 0 bridgehead atoms. The Bertz CT molecular complexity index is 555. The lowest BCUT2D eigenvalue weighted by Gasteiger charge is -2.22. The molecule has 22 heavy (non-hydrogen) atoms. The molecule has 0 fully saturated rings. The van der Waals surface area contributed by atoms with Crippen molar-refractivity contribution in [1.29, 1.82) is 0 Å². The number of carbonyl (C=O) groups excluding carboxylic acids is 2. The fraction of sp³-hybridized carbons (Fsp3) is 0.467. The summed E-state index contributed by atoms with van der Waals surface area (Å²) >= 11 is 6.03. The molecule has 0 aliphatic carbocycles. The van der Waals surface area contributed by atoms with Gasteiger partial charge < -0.3 is 20.5 Å². The zero-order valence-electron chi connectivity index (χ0n) is 13.1. The van der Waals surface area contributed by atoms with Gasteiger partial charge in [-0.1, -0.05) is 17.7 Å². The summed E-state index contributed by atoms with van der Waals surface area (Å²) in [7, 11) is 1.51. The van der Waals surface area contributed by atoms with Gasteiger partial charge >= 0.3 is 6.09 Å². The lowest BCUT2D eigenvalue weighted by molar-refractivity contribution is -0.120. The van der Waals surface area contributed by atoms with Crippen LogP contribution in [-0.4, -0.2) is 30.8 Å². The lowest BCUT2D eigenvalue weighted by Crippen LogP contribution is -2.47. The average Bonchev–Trinajstić information content (AvgIpc) is 2.35. The van der Waals surface area contributed by atoms with Crippen LogP contribution in [0.15, 0.2) is 18.2 Å². The van der Waals surface area contributed by atoms with E-state index in [9.17, 15) is 9.59 Å². The van der Waals surface area contributed by atoms with Gasteiger partial charge in [-0.2, -0.15) is 0 Å². The smallest absolute Gasteiger partial charge is 0.408 e. The molecule has 6 nitrogen and oxygen atoms in total. The van der Waals surface area contributed by atoms with Crippen molar-refractivity contribution >= 4 is 23.6 Å². The SMILES string of the molecule is COc1ccc(C[C@@H](NC(=O)OC(C)(C)C)C(N)=O)cc1Cl. The number of hydrogen-bond donors (Lipinski definition) is 2. The predicted molar refractivity (Wildman–Crippen MR) is 84.1 cm³/mol. The first-order valence-corrected chi connectivity index (χ1v) is 7.11. The molecule has 1 rings (SSSR count). The summed E-state index contributed by atoms with van der Waals surface area (Å²) in [5.41, 5.74) is 5.41. The van der Waals surface area contributed by atoms with Crippen LogP contribution in [0.5, 0.6) is 5.75 Å². The van der Waals surface area contributed by atoms with E-state index in [-0.39, 0.29) is 6.42 Å². The molecule has 0 heterocycles. The molecule has 0 spiro atoms. The van der Waals surface area contributed by atoms with Crippen molar-refractivity contribution in [2.75, 3.05) is 7.11 Å². The Labute approximate surface area is 134 Å². The number of nitrogens with two attached hydrogens (primary N) is 1. The molecule has 0 aliphatic rings. The van der Waals surface area contributed by atoms with Crippen LogP contribution in [0.1, 0.15) is 26.3 Å². The minimum absolute atomic E-state index is 0.207. The number of benzene rings is 1. The lowest BCUT2D eigenvalue weighted by atomic mass is 10.1. The molecule has 0 unspecified atom stereocenters. The third-order valence-corrected chi connectivity index (χ3v) is 2.99. The second kappa shape index (κ2) is 7.35. The molecule has 1 atom stereocenters. The van der Waals surface area contributed by atoms with Crippen molar-refractivity contribution in [3.63, 3.8) is 0 Å². The summed E-state index contributed by atoms with van der Waals surface area (Å²) in [6.45, 7) is 5.19. The van der Waals surface area contributed by atoms with Gasteiger partial charge in [-0.15, -0.1) is 0 Å². The molecule has 3 N–H and O–H groups in total. The van der Waals surface area contributed by atoms with E-state index in [0.717, 1.165) is 5.56 Å². The van der Waals surface area contributed by atoms with E-state index in [4.69, 9.17) is 26.8 Å². The predicted octanol–water partition coefficient (Wildman–Crippen LogP) is 2.27. The number of methoxy groups -OCH3 is 1. The van der Waals surface area contributed by atoms with Crippen LogP contribution >= 0.6 is 11.6 Å². The average molecular weight is 329 g/mol. The van der Waals surface area contributed by atoms with E-state index in [1.165, 1.54) is 7.11 Å². The molecule has 0 aliphatic heterocycles. The van der Waals surface area contributed by atoms with Gasteiger partial charge in [0.25, 0.3) is 0 Å². The molecule has 0 saturated carbocycles. The van der Waals surface area contributed by atoms with Crippen molar-refractivity contribution in [2.24, 2.45) is 5.73 Å². The maximum Gasteiger partial charge on any atom is 0.408 e. The van der Waals surface area contributed by atoms with Gasteiger partial charge in [0.1, 0.15) is 17.4 Å². The maximum atomic E-state index is 11.7. The van der Waals surface area contributed by atoms with Gasteiger partial charge in [-0.05, 0) is 38.5 Å². The summed E-state index contributed by atoms with van der Waals surface area (Å²) in [5.74, 6) is -0.126. The van der Waals surface area contributed by atoms with Gasteiger partial charge in [0.2, 0.25) is 5.91 Å². The maximum absolute atomic E-state index is 11.7. The molecule has 0 aromatic heterocycles. The number of amides is 2. The van der Waals surface area contributed by atoms with Crippen LogP contribution < -0.4 is 15.8 Å². The standard InChI is InChI=1S/C15H21ClN2O4/c1-15(2,3)22-14(20)18-11(13(17)19)8-9-5-6-12(21-4)10(16)7-9/h5-7,11H,8H2,1-4H3,(H2,17,19)(H,18,20)/t11-/m1/s1. The number of halogens is 1. The first-order chi connectivity index (χ1) is 10.1. The second-order valence-electron chi connectivity index (χ2n) is 5.77. The van der Waals surface area contributed by atoms with Crippen LogP contribution in [0, 0.1) is 0 Å². The van der Waals surface area contributed by atoms with E-state index in [0.29, 0.717) is 10.8 Å². The van der Waals surface area contributed by atoms with Gasteiger partial charge in [-0.25, -0.2) is 4.79 Å². The first kappa shape index (κ1) is 18.1. The van der Waals surface area contributed by atoms with Crippen molar-refractivity contribution < 1.29 is 19.1 Å². The number of ether oxygens (including phenoxy) is 2. The molecule has 1 aromatic carbocycles. The summed E-state index contributed by atoms with van der Waals surface area (Å²) in [6, 6.07) is 4.20. The fourth-order valence-corrected chi connectivity index (χ4v) is 2.03. The van der Waals surface area contributed by atoms with Gasteiger partial charge in [-0.3, -0.25) is 4.79 Å². The van der Waals surface area contributed by atoms with Gasteiger partial charge in [0.05, 0.1) is 12.1 Å². The molecule has 1 aromatic rings. The minimum Gasteiger partial charge on any atom is -0.495 e. The van der Waals surface area contributed by atoms with Crippen LogP contribution in [0.4, 0.5) is 4.79 Å². The van der Waals surface area contributed by atoms with Crippen molar-refractivity contribution in [3.8, 4) is 5.75 Å². The Kier molecular flexibility index (Phi) is 6.05. The molecular formula is C15H21ClN2O4. The first-order valence-electron chi connectivity index (χ1n) is 6.73. The molecular weight excluding hydrogens is 308 g/mol. The van der Waals surface area contributed by atoms with E-state index in [1.807, 2.05) is 0 Å². The van der Waals surface area contributed by atoms with Crippen molar-refractivity contribution in [3.05, 3.63) is 28.8 Å². The zero-order chi connectivity index (χ0) is 16.9. The normalized spacial score (nSPS) is 12.4. The molecule has 7 heteroatoms. The van der Waals surface area contributed by atoms with Gasteiger partial charge in [0.15, 0.2) is 0 Å². The third-order valence-electron chi connectivity index (χ3n) is 2.69. The Hall–Kier alpha value is -1.95. The summed E-state index contributed by atoms with van der Waals surface area (Å²) in [5, 5.41) is 2.88. The highest BCUT2D eigenvalue weighted by Crippen LogP contribution is 2.25. The zero-order valence-corrected chi connectivity index (χ0v) is 13.9. The Morgan fingerprint density at radius 1 is 1.36 bits per heavy atom. The van der Waals surface area contributed by atoms with Crippen molar-refractivity contribution in [2.45, 2.75) is 38.8 Å². The molecule has 0 radical (unpaired) electrons. The highest BCUT2D eigenvalue weighted by atomic mass is 35.5. The van der Waals surface area contributed by atoms with Crippen LogP contribution in [0.3, 0.4) is 0 Å². The third kappa shape index (κ3) is 5.81. The summed E-state index contributed by atoms with van der Waals surface area (Å²) < 4.78 is 10.2. The highest BCUT2D eigenvalue weighted by Gasteiger charge is 2.23. The summed E-state index contributed by atoms with van der Waals surface area (Å²) in [4.78, 5) is 23.3. The molecule has 2 amide bonds. The summed E-state index contributed by atoms with van der Waals surface area (Å²) in [6.07, 6.45) is -0.492. The second-order valence-corrected chi connectivity index (χ2v) is 6.18. The number of nitrogens with one attached hydrogen (secondary N) is 1. The topological polar surface area (TPSA) is 90.7 Å².